The molecule has 1 N–H and O–H groups in total. The number of anilines is 1. The molecule has 0 aliphatic carbocycles. The highest BCUT2D eigenvalue weighted by molar-refractivity contribution is 5.46. The molecule has 0 unspecified atom stereocenters. The first-order chi connectivity index (χ1) is 10.2. The van der Waals surface area contributed by atoms with Crippen molar-refractivity contribution in [1.29, 1.82) is 5.26 Å². The molecule has 0 radical (unpaired) electrons. The van der Waals surface area contributed by atoms with Crippen LogP contribution in [0.4, 0.5) is 5.82 Å². The summed E-state index contributed by atoms with van der Waals surface area (Å²) in [6, 6.07) is 6.33. The lowest BCUT2D eigenvalue weighted by Gasteiger charge is -2.37. The molecule has 0 spiro atoms. The molecule has 112 valence electrons. The summed E-state index contributed by atoms with van der Waals surface area (Å²) in [5.74, 6) is 0.979. The minimum absolute atomic E-state index is 0.134. The van der Waals surface area contributed by atoms with Gasteiger partial charge in [-0.25, -0.2) is 4.98 Å². The third-order valence-corrected chi connectivity index (χ3v) is 4.64. The maximum absolute atomic E-state index is 10.3. The van der Waals surface area contributed by atoms with Crippen LogP contribution in [0.2, 0.25) is 0 Å². The van der Waals surface area contributed by atoms with Gasteiger partial charge < -0.3 is 14.7 Å². The van der Waals surface area contributed by atoms with E-state index in [2.05, 4.69) is 16.0 Å². The van der Waals surface area contributed by atoms with Crippen molar-refractivity contribution in [1.82, 2.24) is 4.98 Å². The number of pyridine rings is 1. The lowest BCUT2D eigenvalue weighted by Crippen LogP contribution is -2.46. The number of aliphatic hydroxyl groups is 1. The van der Waals surface area contributed by atoms with Crippen molar-refractivity contribution < 1.29 is 9.84 Å². The summed E-state index contributed by atoms with van der Waals surface area (Å²) >= 11 is 0. The molecule has 2 aliphatic rings. The molecular formula is C16H21N3O2. The van der Waals surface area contributed by atoms with E-state index in [4.69, 9.17) is 10.00 Å². The minimum atomic E-state index is -0.301. The molecular weight excluding hydrogens is 266 g/mol. The van der Waals surface area contributed by atoms with Gasteiger partial charge in [0.2, 0.25) is 0 Å². The van der Waals surface area contributed by atoms with Crippen molar-refractivity contribution in [3.63, 3.8) is 0 Å². The zero-order valence-electron chi connectivity index (χ0n) is 12.3. The average molecular weight is 287 g/mol. The van der Waals surface area contributed by atoms with Crippen LogP contribution in [0.1, 0.15) is 30.5 Å². The summed E-state index contributed by atoms with van der Waals surface area (Å²) < 4.78 is 5.55. The van der Waals surface area contributed by atoms with E-state index in [-0.39, 0.29) is 18.1 Å². The number of aromatic nitrogens is 1. The Kier molecular flexibility index (Phi) is 4.09. The molecule has 1 aromatic heterocycles. The standard InChI is InChI=1S/C16H21N3O2/c1-11-4-5-16(18-13(11)9-17)19-7-2-3-14(19)12-10-21-8-6-15(12)20/h4-5,12,14-15,20H,2-3,6-8,10H2,1H3/t12-,14-,15+/m1/s1. The number of aryl methyl sites for hydroxylation is 1. The molecule has 1 aromatic rings. The molecule has 3 heterocycles. The van der Waals surface area contributed by atoms with Gasteiger partial charge in [-0.1, -0.05) is 6.07 Å². The first kappa shape index (κ1) is 14.3. The SMILES string of the molecule is Cc1ccc(N2CCC[C@@H]2[C@H]2COCC[C@@H]2O)nc1C#N. The van der Waals surface area contributed by atoms with Crippen LogP contribution in [0.3, 0.4) is 0 Å². The van der Waals surface area contributed by atoms with Crippen LogP contribution in [-0.4, -0.2) is 42.0 Å². The highest BCUT2D eigenvalue weighted by atomic mass is 16.5. The van der Waals surface area contributed by atoms with Crippen LogP contribution >= 0.6 is 0 Å². The smallest absolute Gasteiger partial charge is 0.145 e. The lowest BCUT2D eigenvalue weighted by atomic mass is 9.89. The molecule has 0 saturated carbocycles. The molecule has 0 amide bonds. The number of hydrogen-bond donors (Lipinski definition) is 1. The molecule has 0 aromatic carbocycles. The van der Waals surface area contributed by atoms with Gasteiger partial charge >= 0.3 is 0 Å². The van der Waals surface area contributed by atoms with Crippen molar-refractivity contribution in [3.05, 3.63) is 23.4 Å². The molecule has 3 rings (SSSR count). The highest BCUT2D eigenvalue weighted by Crippen LogP contribution is 2.33. The zero-order valence-corrected chi connectivity index (χ0v) is 12.3. The third kappa shape index (κ3) is 2.74. The predicted octanol–water partition coefficient (Wildman–Crippen LogP) is 1.63. The normalized spacial score (nSPS) is 29.4. The predicted molar refractivity (Wildman–Crippen MR) is 79.0 cm³/mol. The third-order valence-electron chi connectivity index (χ3n) is 4.64. The summed E-state index contributed by atoms with van der Waals surface area (Å²) in [5.41, 5.74) is 1.39. The van der Waals surface area contributed by atoms with Crippen LogP contribution in [0, 0.1) is 24.2 Å². The Bertz CT molecular complexity index is 555. The van der Waals surface area contributed by atoms with Gasteiger partial charge in [0.1, 0.15) is 17.6 Å². The molecule has 5 heteroatoms. The largest absolute Gasteiger partial charge is 0.393 e. The Morgan fingerprint density at radius 1 is 1.43 bits per heavy atom. The molecule has 21 heavy (non-hydrogen) atoms. The van der Waals surface area contributed by atoms with Crippen molar-refractivity contribution in [2.24, 2.45) is 5.92 Å². The number of rotatable bonds is 2. The Morgan fingerprint density at radius 3 is 3.05 bits per heavy atom. The summed E-state index contributed by atoms with van der Waals surface area (Å²) in [7, 11) is 0. The van der Waals surface area contributed by atoms with Crippen molar-refractivity contribution >= 4 is 5.82 Å². The van der Waals surface area contributed by atoms with E-state index in [1.807, 2.05) is 19.1 Å². The van der Waals surface area contributed by atoms with Gasteiger partial charge in [-0.05, 0) is 37.8 Å². The molecule has 2 fully saturated rings. The van der Waals surface area contributed by atoms with Gasteiger partial charge in [-0.2, -0.15) is 5.26 Å². The second kappa shape index (κ2) is 6.00. The van der Waals surface area contributed by atoms with Crippen LogP contribution in [0.25, 0.3) is 0 Å². The lowest BCUT2D eigenvalue weighted by molar-refractivity contribution is -0.0438. The van der Waals surface area contributed by atoms with Gasteiger partial charge in [-0.15, -0.1) is 0 Å². The fraction of sp³-hybridized carbons (Fsp3) is 0.625. The van der Waals surface area contributed by atoms with E-state index in [1.165, 1.54) is 0 Å². The summed E-state index contributed by atoms with van der Waals surface area (Å²) in [6.45, 7) is 4.08. The first-order valence-corrected chi connectivity index (χ1v) is 7.61. The van der Waals surface area contributed by atoms with Gasteiger partial charge in [0.15, 0.2) is 0 Å². The van der Waals surface area contributed by atoms with E-state index in [0.29, 0.717) is 25.3 Å². The number of nitrogens with zero attached hydrogens (tertiary/aromatic N) is 3. The molecule has 3 atom stereocenters. The van der Waals surface area contributed by atoms with Crippen molar-refractivity contribution in [3.8, 4) is 6.07 Å². The summed E-state index contributed by atoms with van der Waals surface area (Å²) in [5, 5.41) is 19.4. The first-order valence-electron chi connectivity index (χ1n) is 7.61. The summed E-state index contributed by atoms with van der Waals surface area (Å²) in [4.78, 5) is 6.72. The topological polar surface area (TPSA) is 69.4 Å². The Labute approximate surface area is 125 Å². The van der Waals surface area contributed by atoms with E-state index in [1.54, 1.807) is 0 Å². The number of ether oxygens (including phenoxy) is 1. The van der Waals surface area contributed by atoms with Crippen LogP contribution in [-0.2, 0) is 4.74 Å². The number of hydrogen-bond acceptors (Lipinski definition) is 5. The van der Waals surface area contributed by atoms with Gasteiger partial charge in [-0.3, -0.25) is 0 Å². The molecule has 2 aliphatic heterocycles. The maximum atomic E-state index is 10.3. The zero-order chi connectivity index (χ0) is 14.8. The van der Waals surface area contributed by atoms with Gasteiger partial charge in [0.25, 0.3) is 0 Å². The van der Waals surface area contributed by atoms with E-state index in [0.717, 1.165) is 30.8 Å². The average Bonchev–Trinajstić information content (AvgIpc) is 2.97. The molecule has 2 saturated heterocycles. The monoisotopic (exact) mass is 287 g/mol. The Balaban J connectivity index is 1.85. The van der Waals surface area contributed by atoms with E-state index in [9.17, 15) is 5.11 Å². The van der Waals surface area contributed by atoms with Crippen LogP contribution < -0.4 is 4.90 Å². The Morgan fingerprint density at radius 2 is 2.29 bits per heavy atom. The quantitative estimate of drug-likeness (QED) is 0.895. The number of aliphatic hydroxyl groups excluding tert-OH is 1. The summed E-state index contributed by atoms with van der Waals surface area (Å²) in [6.07, 6.45) is 2.54. The van der Waals surface area contributed by atoms with Gasteiger partial charge in [0, 0.05) is 25.1 Å². The Hall–Kier alpha value is -1.64. The highest BCUT2D eigenvalue weighted by Gasteiger charge is 2.38. The van der Waals surface area contributed by atoms with Crippen LogP contribution in [0.15, 0.2) is 12.1 Å². The second-order valence-corrected chi connectivity index (χ2v) is 5.94. The number of nitriles is 1. The fourth-order valence-corrected chi connectivity index (χ4v) is 3.43. The second-order valence-electron chi connectivity index (χ2n) is 5.94. The maximum Gasteiger partial charge on any atom is 0.145 e. The van der Waals surface area contributed by atoms with Crippen molar-refractivity contribution in [2.45, 2.75) is 38.3 Å². The van der Waals surface area contributed by atoms with Crippen molar-refractivity contribution in [2.75, 3.05) is 24.7 Å². The van der Waals surface area contributed by atoms with Crippen LogP contribution in [0.5, 0.6) is 0 Å². The fourth-order valence-electron chi connectivity index (χ4n) is 3.43. The molecule has 0 bridgehead atoms. The molecule has 5 nitrogen and oxygen atoms in total. The minimum Gasteiger partial charge on any atom is -0.393 e. The van der Waals surface area contributed by atoms with E-state index < -0.39 is 0 Å². The van der Waals surface area contributed by atoms with Gasteiger partial charge in [0.05, 0.1) is 12.7 Å². The van der Waals surface area contributed by atoms with E-state index >= 15 is 0 Å².